The summed E-state index contributed by atoms with van der Waals surface area (Å²) in [5.74, 6) is -0.139. The molecular weight excluding hydrogens is 304 g/mol. The summed E-state index contributed by atoms with van der Waals surface area (Å²) in [4.78, 5) is 16.1. The number of amides is 1. The molecule has 0 fully saturated rings. The minimum absolute atomic E-state index is 0.139. The molecule has 2 aliphatic rings. The minimum Gasteiger partial charge on any atom is -0.369 e. The van der Waals surface area contributed by atoms with E-state index in [0.29, 0.717) is 11.1 Å². The highest BCUT2D eigenvalue weighted by Gasteiger charge is 2.44. The molecule has 1 atom stereocenters. The largest absolute Gasteiger partial charge is 0.369 e. The Labute approximate surface area is 129 Å². The third-order valence-corrected chi connectivity index (χ3v) is 5.50. The molecule has 106 valence electrons. The summed E-state index contributed by atoms with van der Waals surface area (Å²) in [5.41, 5.74) is 2.82. The van der Waals surface area contributed by atoms with Crippen molar-refractivity contribution in [2.24, 2.45) is 0 Å². The van der Waals surface area contributed by atoms with E-state index in [1.807, 2.05) is 42.1 Å². The van der Waals surface area contributed by atoms with E-state index >= 15 is 0 Å². The van der Waals surface area contributed by atoms with Crippen LogP contribution in [0.25, 0.3) is 11.4 Å². The molecule has 0 aromatic carbocycles. The summed E-state index contributed by atoms with van der Waals surface area (Å²) < 4.78 is 0. The van der Waals surface area contributed by atoms with E-state index in [0.717, 1.165) is 21.1 Å². The van der Waals surface area contributed by atoms with Crippen LogP contribution in [-0.4, -0.2) is 29.2 Å². The fourth-order valence-corrected chi connectivity index (χ4v) is 4.36. The van der Waals surface area contributed by atoms with Gasteiger partial charge in [0.25, 0.3) is 5.91 Å². The van der Waals surface area contributed by atoms with Crippen molar-refractivity contribution in [3.63, 3.8) is 0 Å². The summed E-state index contributed by atoms with van der Waals surface area (Å²) in [6, 6.07) is 7.80. The number of carbonyl (C=O) groups excluding carboxylic acids is 1. The number of carbonyl (C=O) groups is 1. The zero-order valence-corrected chi connectivity index (χ0v) is 12.8. The van der Waals surface area contributed by atoms with Crippen LogP contribution >= 0.6 is 22.7 Å². The number of rotatable bonds is 2. The first-order chi connectivity index (χ1) is 10.2. The van der Waals surface area contributed by atoms with Crippen molar-refractivity contribution in [2.75, 3.05) is 7.05 Å². The van der Waals surface area contributed by atoms with Gasteiger partial charge in [-0.3, -0.25) is 4.79 Å². The third kappa shape index (κ3) is 1.73. The number of likely N-dealkylation sites (N-methyl/N-ethyl adjacent to an activating group) is 1. The molecule has 2 aromatic heterocycles. The Morgan fingerprint density at radius 3 is 2.48 bits per heavy atom. The smallest absolute Gasteiger partial charge is 0.258 e. The molecule has 0 saturated heterocycles. The van der Waals surface area contributed by atoms with Gasteiger partial charge >= 0.3 is 0 Å². The molecule has 1 amide bonds. The van der Waals surface area contributed by atoms with Crippen molar-refractivity contribution in [3.8, 4) is 0 Å². The first-order valence-electron chi connectivity index (χ1n) is 6.47. The number of hydrogen-bond donors (Lipinski definition) is 2. The number of hydrogen-bond acceptors (Lipinski definition) is 5. The third-order valence-electron chi connectivity index (χ3n) is 3.74. The number of fused-ring (bicyclic) bond motifs is 1. The van der Waals surface area contributed by atoms with Crippen LogP contribution in [0.4, 0.5) is 0 Å². The average molecular weight is 316 g/mol. The van der Waals surface area contributed by atoms with Crippen LogP contribution < -0.4 is 5.32 Å². The second-order valence-electron chi connectivity index (χ2n) is 4.91. The van der Waals surface area contributed by atoms with Crippen LogP contribution in [0.2, 0.25) is 0 Å². The quantitative estimate of drug-likeness (QED) is 0.894. The molecule has 0 spiro atoms. The molecule has 2 aromatic rings. The van der Waals surface area contributed by atoms with E-state index in [-0.39, 0.29) is 5.91 Å². The van der Waals surface area contributed by atoms with E-state index in [2.05, 4.69) is 5.32 Å². The summed E-state index contributed by atoms with van der Waals surface area (Å²) >= 11 is 3.12. The zero-order valence-electron chi connectivity index (χ0n) is 11.2. The van der Waals surface area contributed by atoms with Crippen molar-refractivity contribution < 1.29 is 9.90 Å². The number of aliphatic hydroxyl groups is 1. The molecule has 0 radical (unpaired) electrons. The SMILES string of the molecule is CN1C(c2cccs2)=C2C(=O)NC(c3cccs3)=C2C1O. The molecule has 4 heterocycles. The first-order valence-corrected chi connectivity index (χ1v) is 8.23. The highest BCUT2D eigenvalue weighted by atomic mass is 32.1. The second-order valence-corrected chi connectivity index (χ2v) is 6.80. The predicted molar refractivity (Wildman–Crippen MR) is 84.4 cm³/mol. The van der Waals surface area contributed by atoms with Gasteiger partial charge in [0.05, 0.1) is 26.7 Å². The summed E-state index contributed by atoms with van der Waals surface area (Å²) in [5, 5.41) is 17.4. The van der Waals surface area contributed by atoms with Crippen molar-refractivity contribution in [2.45, 2.75) is 6.23 Å². The molecule has 4 nitrogen and oxygen atoms in total. The number of nitrogens with one attached hydrogen (secondary N) is 1. The average Bonchev–Trinajstić information content (AvgIpc) is 3.20. The Kier molecular flexibility index (Phi) is 2.78. The van der Waals surface area contributed by atoms with Gasteiger partial charge in [-0.25, -0.2) is 0 Å². The lowest BCUT2D eigenvalue weighted by Crippen LogP contribution is -2.27. The Hall–Kier alpha value is -1.89. The molecule has 21 heavy (non-hydrogen) atoms. The van der Waals surface area contributed by atoms with Crippen LogP contribution in [0.5, 0.6) is 0 Å². The van der Waals surface area contributed by atoms with Crippen molar-refractivity contribution in [3.05, 3.63) is 55.9 Å². The Bertz CT molecular complexity index is 773. The van der Waals surface area contributed by atoms with E-state index < -0.39 is 6.23 Å². The monoisotopic (exact) mass is 316 g/mol. The van der Waals surface area contributed by atoms with Crippen LogP contribution in [-0.2, 0) is 4.79 Å². The predicted octanol–water partition coefficient (Wildman–Crippen LogP) is 2.33. The van der Waals surface area contributed by atoms with Crippen molar-refractivity contribution >= 4 is 40.0 Å². The van der Waals surface area contributed by atoms with Gasteiger partial charge in [0.15, 0.2) is 6.23 Å². The van der Waals surface area contributed by atoms with E-state index in [4.69, 9.17) is 0 Å². The molecule has 6 heteroatoms. The fraction of sp³-hybridized carbons (Fsp3) is 0.133. The highest BCUT2D eigenvalue weighted by Crippen LogP contribution is 2.45. The zero-order chi connectivity index (χ0) is 14.6. The van der Waals surface area contributed by atoms with Gasteiger partial charge in [-0.1, -0.05) is 12.1 Å². The topological polar surface area (TPSA) is 52.6 Å². The Balaban J connectivity index is 1.97. The number of aliphatic hydroxyl groups excluding tert-OH is 1. The standard InChI is InChI=1S/C15H12N2O2S2/c1-17-13(9-5-3-7-21-9)11-10(15(17)19)12(16-14(11)18)8-4-2-6-20-8/h2-7,15,19H,1H3,(H,16,18). The maximum atomic E-state index is 12.4. The summed E-state index contributed by atoms with van der Waals surface area (Å²) in [7, 11) is 1.82. The highest BCUT2D eigenvalue weighted by molar-refractivity contribution is 7.11. The normalized spacial score (nSPS) is 21.3. The Morgan fingerprint density at radius 1 is 1.19 bits per heavy atom. The molecule has 0 saturated carbocycles. The second kappa shape index (κ2) is 4.56. The minimum atomic E-state index is -0.798. The molecule has 2 N–H and O–H groups in total. The lowest BCUT2D eigenvalue weighted by Gasteiger charge is -2.21. The van der Waals surface area contributed by atoms with Gasteiger partial charge in [-0.15, -0.1) is 22.7 Å². The van der Waals surface area contributed by atoms with Gasteiger partial charge in [0.2, 0.25) is 0 Å². The van der Waals surface area contributed by atoms with Crippen LogP contribution in [0, 0.1) is 0 Å². The van der Waals surface area contributed by atoms with E-state index in [1.54, 1.807) is 27.6 Å². The van der Waals surface area contributed by atoms with Gasteiger partial charge in [0.1, 0.15) is 0 Å². The van der Waals surface area contributed by atoms with Gasteiger partial charge < -0.3 is 15.3 Å². The Morgan fingerprint density at radius 2 is 1.86 bits per heavy atom. The van der Waals surface area contributed by atoms with Crippen LogP contribution in [0.3, 0.4) is 0 Å². The van der Waals surface area contributed by atoms with E-state index in [1.165, 1.54) is 0 Å². The van der Waals surface area contributed by atoms with Gasteiger partial charge in [0, 0.05) is 12.6 Å². The maximum Gasteiger partial charge on any atom is 0.258 e. The van der Waals surface area contributed by atoms with Gasteiger partial charge in [-0.2, -0.15) is 0 Å². The van der Waals surface area contributed by atoms with Crippen LogP contribution in [0.1, 0.15) is 9.75 Å². The molecule has 0 aliphatic carbocycles. The summed E-state index contributed by atoms with van der Waals surface area (Å²) in [6.07, 6.45) is -0.798. The molecular formula is C15H12N2O2S2. The molecule has 1 unspecified atom stereocenters. The van der Waals surface area contributed by atoms with Crippen LogP contribution in [0.15, 0.2) is 46.2 Å². The number of nitrogens with zero attached hydrogens (tertiary/aromatic N) is 1. The summed E-state index contributed by atoms with van der Waals surface area (Å²) in [6.45, 7) is 0. The molecule has 2 aliphatic heterocycles. The maximum absolute atomic E-state index is 12.4. The van der Waals surface area contributed by atoms with E-state index in [9.17, 15) is 9.90 Å². The fourth-order valence-electron chi connectivity index (χ4n) is 2.80. The van der Waals surface area contributed by atoms with Crippen molar-refractivity contribution in [1.29, 1.82) is 0 Å². The van der Waals surface area contributed by atoms with Crippen molar-refractivity contribution in [1.82, 2.24) is 10.2 Å². The molecule has 4 rings (SSSR count). The lowest BCUT2D eigenvalue weighted by molar-refractivity contribution is -0.115. The first kappa shape index (κ1) is 12.8. The number of thiophene rings is 2. The van der Waals surface area contributed by atoms with Gasteiger partial charge in [-0.05, 0) is 22.9 Å². The molecule has 0 bridgehead atoms. The lowest BCUT2D eigenvalue weighted by atomic mass is 10.1.